The summed E-state index contributed by atoms with van der Waals surface area (Å²) in [5, 5.41) is 0.837. The fraction of sp³-hybridized carbons (Fsp3) is 0. The summed E-state index contributed by atoms with van der Waals surface area (Å²) in [6.07, 6.45) is 3.50. The molecule has 0 bridgehead atoms. The van der Waals surface area contributed by atoms with Gasteiger partial charge in [-0.15, -0.1) is 0 Å². The van der Waals surface area contributed by atoms with Crippen LogP contribution in [0.1, 0.15) is 10.4 Å². The summed E-state index contributed by atoms with van der Waals surface area (Å²) in [5.41, 5.74) is 8.68. The van der Waals surface area contributed by atoms with Crippen LogP contribution in [0.5, 0.6) is 0 Å². The lowest BCUT2D eigenvalue weighted by Gasteiger charge is -1.95. The average molecular weight is 237 g/mol. The van der Waals surface area contributed by atoms with Gasteiger partial charge in [-0.25, -0.2) is 0 Å². The van der Waals surface area contributed by atoms with E-state index in [1.807, 2.05) is 30.3 Å². The van der Waals surface area contributed by atoms with Crippen LogP contribution in [0.4, 0.5) is 0 Å². The Morgan fingerprint density at radius 3 is 2.83 bits per heavy atom. The van der Waals surface area contributed by atoms with E-state index >= 15 is 0 Å². The first kappa shape index (κ1) is 10.5. The summed E-state index contributed by atoms with van der Waals surface area (Å²) in [6.45, 7) is 0. The van der Waals surface area contributed by atoms with E-state index in [0.29, 0.717) is 5.56 Å². The van der Waals surface area contributed by atoms with E-state index in [9.17, 15) is 4.79 Å². The third kappa shape index (κ3) is 1.64. The summed E-state index contributed by atoms with van der Waals surface area (Å²) in [5.74, 6) is -0.419. The number of H-pyrrole nitrogens is 1. The average Bonchev–Trinajstić information content (AvgIpc) is 2.83. The van der Waals surface area contributed by atoms with E-state index in [1.54, 1.807) is 18.5 Å². The van der Waals surface area contributed by atoms with Crippen LogP contribution in [0, 0.1) is 0 Å². The Morgan fingerprint density at radius 1 is 1.22 bits per heavy atom. The maximum absolute atomic E-state index is 11.4. The van der Waals surface area contributed by atoms with Crippen molar-refractivity contribution in [1.29, 1.82) is 0 Å². The minimum absolute atomic E-state index is 0.419. The van der Waals surface area contributed by atoms with Crippen molar-refractivity contribution < 1.29 is 4.79 Å². The number of hydrogen-bond donors (Lipinski definition) is 2. The van der Waals surface area contributed by atoms with Gasteiger partial charge in [0.2, 0.25) is 5.91 Å². The number of primary amides is 1. The van der Waals surface area contributed by atoms with Crippen LogP contribution in [0.15, 0.2) is 48.8 Å². The summed E-state index contributed by atoms with van der Waals surface area (Å²) >= 11 is 0. The molecule has 0 spiro atoms. The van der Waals surface area contributed by atoms with Crippen molar-refractivity contribution in [2.75, 3.05) is 0 Å². The molecule has 0 saturated heterocycles. The zero-order chi connectivity index (χ0) is 12.5. The molecule has 0 atom stereocenters. The number of rotatable bonds is 2. The number of fused-ring (bicyclic) bond motifs is 1. The highest BCUT2D eigenvalue weighted by Gasteiger charge is 2.09. The smallest absolute Gasteiger partial charge is 0.249 e. The topological polar surface area (TPSA) is 71.8 Å². The zero-order valence-electron chi connectivity index (χ0n) is 9.55. The Kier molecular flexibility index (Phi) is 2.34. The van der Waals surface area contributed by atoms with E-state index in [1.165, 1.54) is 0 Å². The van der Waals surface area contributed by atoms with Crippen LogP contribution in [-0.2, 0) is 0 Å². The minimum atomic E-state index is -0.419. The molecule has 0 aliphatic heterocycles. The molecule has 0 aliphatic carbocycles. The molecule has 2 aromatic heterocycles. The fourth-order valence-corrected chi connectivity index (χ4v) is 2.05. The number of pyridine rings is 1. The molecule has 0 saturated carbocycles. The molecule has 4 heteroatoms. The fourth-order valence-electron chi connectivity index (χ4n) is 2.05. The number of aromatic amines is 1. The van der Waals surface area contributed by atoms with Crippen molar-refractivity contribution in [1.82, 2.24) is 9.97 Å². The first-order valence-corrected chi connectivity index (χ1v) is 5.57. The van der Waals surface area contributed by atoms with Gasteiger partial charge < -0.3 is 10.7 Å². The number of nitrogens with zero attached hydrogens (tertiary/aromatic N) is 1. The lowest BCUT2D eigenvalue weighted by atomic mass is 10.1. The number of nitrogens with one attached hydrogen (secondary N) is 1. The van der Waals surface area contributed by atoms with Crippen LogP contribution in [0.25, 0.3) is 22.2 Å². The van der Waals surface area contributed by atoms with Gasteiger partial charge in [0, 0.05) is 40.1 Å². The molecule has 0 unspecified atom stereocenters. The minimum Gasteiger partial charge on any atom is -0.366 e. The van der Waals surface area contributed by atoms with Gasteiger partial charge >= 0.3 is 0 Å². The number of aromatic nitrogens is 2. The number of carbonyl (C=O) groups is 1. The molecule has 1 amide bonds. The molecule has 0 aliphatic rings. The van der Waals surface area contributed by atoms with Crippen LogP contribution in [-0.4, -0.2) is 15.9 Å². The van der Waals surface area contributed by atoms with Crippen molar-refractivity contribution in [3.8, 4) is 11.3 Å². The maximum Gasteiger partial charge on any atom is 0.249 e. The molecule has 3 rings (SSSR count). The summed E-state index contributed by atoms with van der Waals surface area (Å²) in [7, 11) is 0. The molecular formula is C14H11N3O. The molecule has 18 heavy (non-hydrogen) atoms. The number of carbonyl (C=O) groups excluding carboxylic acids is 1. The highest BCUT2D eigenvalue weighted by molar-refractivity contribution is 6.06. The van der Waals surface area contributed by atoms with Crippen LogP contribution < -0.4 is 5.73 Å². The molecule has 2 heterocycles. The Bertz CT molecular complexity index is 716. The second kappa shape index (κ2) is 4.00. The number of hydrogen-bond acceptors (Lipinski definition) is 2. The Morgan fingerprint density at radius 2 is 2.11 bits per heavy atom. The third-order valence-corrected chi connectivity index (χ3v) is 2.90. The van der Waals surface area contributed by atoms with Crippen LogP contribution in [0.2, 0.25) is 0 Å². The zero-order valence-corrected chi connectivity index (χ0v) is 9.55. The van der Waals surface area contributed by atoms with E-state index in [2.05, 4.69) is 9.97 Å². The first-order valence-electron chi connectivity index (χ1n) is 5.57. The monoisotopic (exact) mass is 237 g/mol. The normalized spacial score (nSPS) is 10.7. The number of amides is 1. The van der Waals surface area contributed by atoms with Gasteiger partial charge in [-0.05, 0) is 30.3 Å². The molecule has 0 radical (unpaired) electrons. The SMILES string of the molecule is NC(=O)c1cccc2[nH]c(-c3cccnc3)cc12. The van der Waals surface area contributed by atoms with Gasteiger partial charge in [0.05, 0.1) is 0 Å². The number of nitrogens with two attached hydrogens (primary N) is 1. The predicted octanol–water partition coefficient (Wildman–Crippen LogP) is 2.33. The second-order valence-corrected chi connectivity index (χ2v) is 4.06. The van der Waals surface area contributed by atoms with Crippen LogP contribution in [0.3, 0.4) is 0 Å². The van der Waals surface area contributed by atoms with E-state index in [4.69, 9.17) is 5.73 Å². The first-order chi connectivity index (χ1) is 8.75. The Labute approximate surface area is 103 Å². The third-order valence-electron chi connectivity index (χ3n) is 2.90. The Hall–Kier alpha value is -2.62. The largest absolute Gasteiger partial charge is 0.366 e. The molecular weight excluding hydrogens is 226 g/mol. The molecule has 4 nitrogen and oxygen atoms in total. The summed E-state index contributed by atoms with van der Waals surface area (Å²) < 4.78 is 0. The van der Waals surface area contributed by atoms with Gasteiger partial charge in [0.25, 0.3) is 0 Å². The molecule has 3 aromatic rings. The van der Waals surface area contributed by atoms with Gasteiger partial charge in [-0.2, -0.15) is 0 Å². The predicted molar refractivity (Wildman–Crippen MR) is 70.0 cm³/mol. The van der Waals surface area contributed by atoms with Gasteiger partial charge in [-0.3, -0.25) is 9.78 Å². The summed E-state index contributed by atoms with van der Waals surface area (Å²) in [4.78, 5) is 18.7. The van der Waals surface area contributed by atoms with Gasteiger partial charge in [-0.1, -0.05) is 6.07 Å². The lowest BCUT2D eigenvalue weighted by Crippen LogP contribution is -2.10. The quantitative estimate of drug-likeness (QED) is 0.718. The van der Waals surface area contributed by atoms with Gasteiger partial charge in [0.15, 0.2) is 0 Å². The van der Waals surface area contributed by atoms with Crippen LogP contribution >= 0.6 is 0 Å². The van der Waals surface area contributed by atoms with Crippen molar-refractivity contribution >= 4 is 16.8 Å². The highest BCUT2D eigenvalue weighted by atomic mass is 16.1. The van der Waals surface area contributed by atoms with E-state index in [0.717, 1.165) is 22.2 Å². The molecule has 88 valence electrons. The lowest BCUT2D eigenvalue weighted by molar-refractivity contribution is 0.100. The van der Waals surface area contributed by atoms with Crippen molar-refractivity contribution in [3.05, 3.63) is 54.4 Å². The standard InChI is InChI=1S/C14H11N3O/c15-14(18)10-4-1-5-12-11(10)7-13(17-12)9-3-2-6-16-8-9/h1-8,17H,(H2,15,18). The summed E-state index contributed by atoms with van der Waals surface area (Å²) in [6, 6.07) is 11.2. The second-order valence-electron chi connectivity index (χ2n) is 4.06. The molecule has 1 aromatic carbocycles. The van der Waals surface area contributed by atoms with E-state index in [-0.39, 0.29) is 0 Å². The molecule has 3 N–H and O–H groups in total. The van der Waals surface area contributed by atoms with Crippen molar-refractivity contribution in [3.63, 3.8) is 0 Å². The highest BCUT2D eigenvalue weighted by Crippen LogP contribution is 2.25. The Balaban J connectivity index is 2.23. The molecule has 0 fully saturated rings. The maximum atomic E-state index is 11.4. The van der Waals surface area contributed by atoms with Crippen molar-refractivity contribution in [2.24, 2.45) is 5.73 Å². The van der Waals surface area contributed by atoms with E-state index < -0.39 is 5.91 Å². The van der Waals surface area contributed by atoms with Gasteiger partial charge in [0.1, 0.15) is 0 Å². The van der Waals surface area contributed by atoms with Crippen molar-refractivity contribution in [2.45, 2.75) is 0 Å². The number of benzene rings is 1.